The van der Waals surface area contributed by atoms with Crippen LogP contribution in [0.3, 0.4) is 0 Å². The number of thioether (sulfide) groups is 1. The number of benzene rings is 2. The summed E-state index contributed by atoms with van der Waals surface area (Å²) in [5.74, 6) is -0.269. The number of amides is 1. The van der Waals surface area contributed by atoms with E-state index in [0.29, 0.717) is 16.0 Å². The number of carbonyl (C=O) groups is 1. The predicted octanol–water partition coefficient (Wildman–Crippen LogP) is 5.16. The fourth-order valence-electron chi connectivity index (χ4n) is 2.99. The van der Waals surface area contributed by atoms with Crippen molar-refractivity contribution in [3.05, 3.63) is 83.4 Å². The number of aromatic nitrogens is 4. The molecule has 1 amide bonds. The van der Waals surface area contributed by atoms with E-state index in [1.54, 1.807) is 12.4 Å². The van der Waals surface area contributed by atoms with Crippen molar-refractivity contribution in [2.45, 2.75) is 12.1 Å². The molecule has 0 aliphatic heterocycles. The van der Waals surface area contributed by atoms with E-state index in [1.807, 2.05) is 47.9 Å². The third-order valence-corrected chi connectivity index (χ3v) is 5.63. The van der Waals surface area contributed by atoms with E-state index in [1.165, 1.54) is 30.0 Å². The molecule has 9 heteroatoms. The van der Waals surface area contributed by atoms with E-state index in [0.717, 1.165) is 16.8 Å². The zero-order chi connectivity index (χ0) is 21.8. The SMILES string of the molecule is Cc1ccccc1-n1c(SCC(=O)Nc2cc(Cl)ccc2F)nnc1-c1ccncc1. The lowest BCUT2D eigenvalue weighted by atomic mass is 10.2. The first-order chi connectivity index (χ1) is 15.0. The molecule has 156 valence electrons. The van der Waals surface area contributed by atoms with Gasteiger partial charge in [-0.3, -0.25) is 14.3 Å². The number of rotatable bonds is 6. The molecule has 4 aromatic rings. The third-order valence-electron chi connectivity index (χ3n) is 4.46. The van der Waals surface area contributed by atoms with Crippen molar-refractivity contribution in [3.8, 4) is 17.1 Å². The van der Waals surface area contributed by atoms with Gasteiger partial charge in [-0.2, -0.15) is 0 Å². The Hall–Kier alpha value is -3.23. The second-order valence-electron chi connectivity index (χ2n) is 6.62. The lowest BCUT2D eigenvalue weighted by Gasteiger charge is -2.13. The highest BCUT2D eigenvalue weighted by Gasteiger charge is 2.18. The van der Waals surface area contributed by atoms with Crippen LogP contribution in [-0.4, -0.2) is 31.4 Å². The highest BCUT2D eigenvalue weighted by Crippen LogP contribution is 2.29. The Morgan fingerprint density at radius 2 is 1.90 bits per heavy atom. The van der Waals surface area contributed by atoms with Gasteiger partial charge in [0.25, 0.3) is 0 Å². The number of hydrogen-bond donors (Lipinski definition) is 1. The van der Waals surface area contributed by atoms with Gasteiger partial charge in [0.05, 0.1) is 17.1 Å². The number of aryl methyl sites for hydroxylation is 1. The molecule has 2 aromatic carbocycles. The summed E-state index contributed by atoms with van der Waals surface area (Å²) < 4.78 is 15.8. The summed E-state index contributed by atoms with van der Waals surface area (Å²) in [5.41, 5.74) is 2.83. The molecule has 1 N–H and O–H groups in total. The molecule has 2 aromatic heterocycles. The number of pyridine rings is 1. The number of halogens is 2. The molecule has 0 atom stereocenters. The standard InChI is InChI=1S/C22H17ClFN5OS/c1-14-4-2-3-5-19(14)29-21(15-8-10-25-11-9-15)27-28-22(29)31-13-20(30)26-18-12-16(23)6-7-17(18)24/h2-12H,13H2,1H3,(H,26,30). The van der Waals surface area contributed by atoms with Crippen LogP contribution in [0.4, 0.5) is 10.1 Å². The average Bonchev–Trinajstić information content (AvgIpc) is 3.19. The van der Waals surface area contributed by atoms with Gasteiger partial charge in [-0.05, 0) is 48.9 Å². The second kappa shape index (κ2) is 9.28. The molecular weight excluding hydrogens is 437 g/mol. The Morgan fingerprint density at radius 1 is 1.13 bits per heavy atom. The van der Waals surface area contributed by atoms with Crippen LogP contribution >= 0.6 is 23.4 Å². The molecule has 0 fully saturated rings. The van der Waals surface area contributed by atoms with Crippen molar-refractivity contribution < 1.29 is 9.18 Å². The van der Waals surface area contributed by atoms with Crippen LogP contribution in [-0.2, 0) is 4.79 Å². The summed E-state index contributed by atoms with van der Waals surface area (Å²) in [6, 6.07) is 15.6. The zero-order valence-corrected chi connectivity index (χ0v) is 18.0. The number of nitrogens with zero attached hydrogens (tertiary/aromatic N) is 4. The molecule has 6 nitrogen and oxygen atoms in total. The predicted molar refractivity (Wildman–Crippen MR) is 120 cm³/mol. The van der Waals surface area contributed by atoms with Gasteiger partial charge >= 0.3 is 0 Å². The normalized spacial score (nSPS) is 10.8. The third kappa shape index (κ3) is 4.76. The van der Waals surface area contributed by atoms with E-state index in [9.17, 15) is 9.18 Å². The van der Waals surface area contributed by atoms with Crippen LogP contribution in [0.5, 0.6) is 0 Å². The molecule has 0 saturated heterocycles. The van der Waals surface area contributed by atoms with Gasteiger partial charge in [0, 0.05) is 23.0 Å². The van der Waals surface area contributed by atoms with Crippen LogP contribution < -0.4 is 5.32 Å². The molecule has 0 unspecified atom stereocenters. The van der Waals surface area contributed by atoms with Crippen molar-refractivity contribution in [1.82, 2.24) is 19.7 Å². The first kappa shape index (κ1) is 21.0. The summed E-state index contributed by atoms with van der Waals surface area (Å²) in [6.45, 7) is 1.99. The van der Waals surface area contributed by atoms with Crippen molar-refractivity contribution in [2.24, 2.45) is 0 Å². The molecule has 0 aliphatic carbocycles. The minimum absolute atomic E-state index is 0.0202. The highest BCUT2D eigenvalue weighted by atomic mass is 35.5. The number of nitrogens with one attached hydrogen (secondary N) is 1. The molecule has 0 radical (unpaired) electrons. The van der Waals surface area contributed by atoms with Crippen molar-refractivity contribution in [3.63, 3.8) is 0 Å². The molecular formula is C22H17ClFN5OS. The minimum Gasteiger partial charge on any atom is -0.323 e. The summed E-state index contributed by atoms with van der Waals surface area (Å²) in [4.78, 5) is 16.5. The van der Waals surface area contributed by atoms with E-state index < -0.39 is 5.82 Å². The van der Waals surface area contributed by atoms with Crippen LogP contribution in [0.1, 0.15) is 5.56 Å². The minimum atomic E-state index is -0.550. The Labute approximate surface area is 187 Å². The molecule has 0 aliphatic rings. The number of para-hydroxylation sites is 1. The number of carbonyl (C=O) groups excluding carboxylic acids is 1. The first-order valence-electron chi connectivity index (χ1n) is 9.32. The maximum Gasteiger partial charge on any atom is 0.234 e. The first-order valence-corrected chi connectivity index (χ1v) is 10.7. The molecule has 31 heavy (non-hydrogen) atoms. The molecule has 0 spiro atoms. The van der Waals surface area contributed by atoms with E-state index in [4.69, 9.17) is 11.6 Å². The van der Waals surface area contributed by atoms with Gasteiger partial charge in [-0.15, -0.1) is 10.2 Å². The van der Waals surface area contributed by atoms with Crippen LogP contribution in [0.2, 0.25) is 5.02 Å². The van der Waals surface area contributed by atoms with Gasteiger partial charge in [-0.25, -0.2) is 4.39 Å². The molecule has 0 bridgehead atoms. The summed E-state index contributed by atoms with van der Waals surface area (Å²) in [5, 5.41) is 12.1. The quantitative estimate of drug-likeness (QED) is 0.408. The van der Waals surface area contributed by atoms with Gasteiger partial charge in [0.2, 0.25) is 5.91 Å². The van der Waals surface area contributed by atoms with Gasteiger partial charge in [0.1, 0.15) is 5.82 Å². The number of hydrogen-bond acceptors (Lipinski definition) is 5. The Kier molecular flexibility index (Phi) is 6.29. The van der Waals surface area contributed by atoms with Gasteiger partial charge in [-0.1, -0.05) is 41.6 Å². The maximum absolute atomic E-state index is 13.9. The van der Waals surface area contributed by atoms with E-state index in [-0.39, 0.29) is 17.3 Å². The monoisotopic (exact) mass is 453 g/mol. The van der Waals surface area contributed by atoms with Crippen LogP contribution in [0.25, 0.3) is 17.1 Å². The Bertz CT molecular complexity index is 1230. The van der Waals surface area contributed by atoms with Crippen molar-refractivity contribution in [1.29, 1.82) is 0 Å². The van der Waals surface area contributed by atoms with Crippen molar-refractivity contribution in [2.75, 3.05) is 11.1 Å². The smallest absolute Gasteiger partial charge is 0.234 e. The fourth-order valence-corrected chi connectivity index (χ4v) is 3.91. The molecule has 0 saturated carbocycles. The summed E-state index contributed by atoms with van der Waals surface area (Å²) >= 11 is 7.10. The van der Waals surface area contributed by atoms with Gasteiger partial charge < -0.3 is 5.32 Å². The Morgan fingerprint density at radius 3 is 2.68 bits per heavy atom. The second-order valence-corrected chi connectivity index (χ2v) is 8.00. The summed E-state index contributed by atoms with van der Waals surface area (Å²) in [7, 11) is 0. The van der Waals surface area contributed by atoms with Crippen LogP contribution in [0.15, 0.2) is 72.1 Å². The Balaban J connectivity index is 1.61. The van der Waals surface area contributed by atoms with Crippen molar-refractivity contribution >= 4 is 35.0 Å². The molecule has 2 heterocycles. The lowest BCUT2D eigenvalue weighted by Crippen LogP contribution is -2.15. The fraction of sp³-hybridized carbons (Fsp3) is 0.0909. The van der Waals surface area contributed by atoms with E-state index >= 15 is 0 Å². The topological polar surface area (TPSA) is 72.7 Å². The van der Waals surface area contributed by atoms with Crippen LogP contribution in [0, 0.1) is 12.7 Å². The largest absolute Gasteiger partial charge is 0.323 e. The van der Waals surface area contributed by atoms with Gasteiger partial charge in [0.15, 0.2) is 11.0 Å². The lowest BCUT2D eigenvalue weighted by molar-refractivity contribution is -0.113. The van der Waals surface area contributed by atoms with E-state index in [2.05, 4.69) is 20.5 Å². The maximum atomic E-state index is 13.9. The number of anilines is 1. The average molecular weight is 454 g/mol. The highest BCUT2D eigenvalue weighted by molar-refractivity contribution is 7.99. The molecule has 4 rings (SSSR count). The zero-order valence-electron chi connectivity index (χ0n) is 16.4. The summed E-state index contributed by atoms with van der Waals surface area (Å²) in [6.07, 6.45) is 3.37.